The van der Waals surface area contributed by atoms with E-state index >= 15 is 0 Å². The fourth-order valence-electron chi connectivity index (χ4n) is 0.914. The summed E-state index contributed by atoms with van der Waals surface area (Å²) in [4.78, 5) is 10.2. The van der Waals surface area contributed by atoms with Crippen LogP contribution in [0.15, 0.2) is 0 Å². The van der Waals surface area contributed by atoms with Crippen molar-refractivity contribution >= 4 is 5.97 Å². The normalized spacial score (nSPS) is 12.7. The van der Waals surface area contributed by atoms with Crippen LogP contribution in [-0.2, 0) is 14.3 Å². The summed E-state index contributed by atoms with van der Waals surface area (Å²) in [5, 5.41) is 8.37. The molecule has 0 spiro atoms. The standard InChI is InChI=1S/C10H20O4/c1-3-4-7-13-9(2)14-8-5-6-10(11)12/h9H,3-8H2,1-2H3,(H,11,12). The minimum Gasteiger partial charge on any atom is -0.481 e. The van der Waals surface area contributed by atoms with E-state index in [4.69, 9.17) is 14.6 Å². The van der Waals surface area contributed by atoms with Crippen LogP contribution in [0, 0.1) is 0 Å². The summed E-state index contributed by atoms with van der Waals surface area (Å²) in [5.74, 6) is -0.784. The number of unbranched alkanes of at least 4 members (excludes halogenated alkanes) is 1. The molecule has 0 saturated carbocycles. The van der Waals surface area contributed by atoms with E-state index in [1.807, 2.05) is 6.92 Å². The Morgan fingerprint density at radius 3 is 2.36 bits per heavy atom. The van der Waals surface area contributed by atoms with Gasteiger partial charge >= 0.3 is 5.97 Å². The zero-order chi connectivity index (χ0) is 10.8. The van der Waals surface area contributed by atoms with Gasteiger partial charge in [-0.2, -0.15) is 0 Å². The summed E-state index contributed by atoms with van der Waals surface area (Å²) in [6.07, 6.45) is 2.60. The number of rotatable bonds is 9. The van der Waals surface area contributed by atoms with E-state index < -0.39 is 5.97 Å². The molecule has 0 aromatic rings. The minimum atomic E-state index is -0.784. The number of aliphatic carboxylic acids is 1. The van der Waals surface area contributed by atoms with Crippen molar-refractivity contribution < 1.29 is 19.4 Å². The van der Waals surface area contributed by atoms with E-state index in [0.717, 1.165) is 12.8 Å². The molecule has 4 heteroatoms. The molecule has 0 rings (SSSR count). The highest BCUT2D eigenvalue weighted by molar-refractivity contribution is 5.66. The predicted molar refractivity (Wildman–Crippen MR) is 53.1 cm³/mol. The minimum absolute atomic E-state index is 0.154. The molecule has 0 aliphatic rings. The Morgan fingerprint density at radius 1 is 1.29 bits per heavy atom. The molecule has 1 atom stereocenters. The molecule has 0 heterocycles. The molecule has 0 radical (unpaired) electrons. The van der Waals surface area contributed by atoms with Gasteiger partial charge < -0.3 is 14.6 Å². The van der Waals surface area contributed by atoms with Gasteiger partial charge in [0.15, 0.2) is 6.29 Å². The summed E-state index contributed by atoms with van der Waals surface area (Å²) in [6.45, 7) is 5.08. The van der Waals surface area contributed by atoms with Gasteiger partial charge in [-0.25, -0.2) is 0 Å². The van der Waals surface area contributed by atoms with Crippen molar-refractivity contribution in [2.45, 2.75) is 45.8 Å². The van der Waals surface area contributed by atoms with Crippen molar-refractivity contribution in [1.29, 1.82) is 0 Å². The lowest BCUT2D eigenvalue weighted by atomic mass is 10.3. The van der Waals surface area contributed by atoms with Crippen LogP contribution in [-0.4, -0.2) is 30.6 Å². The van der Waals surface area contributed by atoms with Crippen molar-refractivity contribution in [3.8, 4) is 0 Å². The molecule has 84 valence electrons. The first-order valence-corrected chi connectivity index (χ1v) is 5.11. The second-order valence-electron chi connectivity index (χ2n) is 3.16. The number of carboxylic acid groups (broad SMARTS) is 1. The summed E-state index contributed by atoms with van der Waals surface area (Å²) in [5.41, 5.74) is 0. The molecule has 1 N–H and O–H groups in total. The smallest absolute Gasteiger partial charge is 0.303 e. The van der Waals surface area contributed by atoms with Crippen LogP contribution < -0.4 is 0 Å². The van der Waals surface area contributed by atoms with Gasteiger partial charge in [0.25, 0.3) is 0 Å². The molecule has 0 aliphatic heterocycles. The monoisotopic (exact) mass is 204 g/mol. The van der Waals surface area contributed by atoms with E-state index in [2.05, 4.69) is 6.92 Å². The lowest BCUT2D eigenvalue weighted by molar-refractivity contribution is -0.142. The van der Waals surface area contributed by atoms with Crippen LogP contribution in [0.5, 0.6) is 0 Å². The summed E-state index contributed by atoms with van der Waals surface area (Å²) in [6, 6.07) is 0. The van der Waals surface area contributed by atoms with E-state index in [1.165, 1.54) is 0 Å². The fraction of sp³-hybridized carbons (Fsp3) is 0.900. The molecule has 0 saturated heterocycles. The maximum Gasteiger partial charge on any atom is 0.303 e. The molecule has 0 amide bonds. The lowest BCUT2D eigenvalue weighted by Gasteiger charge is -2.13. The number of ether oxygens (including phenoxy) is 2. The number of carbonyl (C=O) groups is 1. The molecule has 0 aromatic heterocycles. The molecule has 4 nitrogen and oxygen atoms in total. The van der Waals surface area contributed by atoms with Gasteiger partial charge in [0, 0.05) is 13.0 Å². The lowest BCUT2D eigenvalue weighted by Crippen LogP contribution is -2.15. The predicted octanol–water partition coefficient (Wildman–Crippen LogP) is 2.03. The molecule has 0 fully saturated rings. The van der Waals surface area contributed by atoms with Crippen LogP contribution in [0.25, 0.3) is 0 Å². The van der Waals surface area contributed by atoms with Crippen molar-refractivity contribution in [2.75, 3.05) is 13.2 Å². The van der Waals surface area contributed by atoms with E-state index in [0.29, 0.717) is 19.6 Å². The van der Waals surface area contributed by atoms with Crippen LogP contribution in [0.2, 0.25) is 0 Å². The van der Waals surface area contributed by atoms with Gasteiger partial charge in [-0.3, -0.25) is 4.79 Å². The molecular formula is C10H20O4. The highest BCUT2D eigenvalue weighted by Crippen LogP contribution is 1.99. The van der Waals surface area contributed by atoms with E-state index in [9.17, 15) is 4.79 Å². The van der Waals surface area contributed by atoms with Gasteiger partial charge in [-0.15, -0.1) is 0 Å². The van der Waals surface area contributed by atoms with Crippen molar-refractivity contribution in [2.24, 2.45) is 0 Å². The average Bonchev–Trinajstić information content (AvgIpc) is 2.13. The molecule has 0 aromatic carbocycles. The molecular weight excluding hydrogens is 184 g/mol. The number of hydrogen-bond donors (Lipinski definition) is 1. The zero-order valence-corrected chi connectivity index (χ0v) is 8.99. The highest BCUT2D eigenvalue weighted by Gasteiger charge is 2.02. The van der Waals surface area contributed by atoms with Gasteiger partial charge in [-0.05, 0) is 19.8 Å². The third kappa shape index (κ3) is 9.48. The Morgan fingerprint density at radius 2 is 1.86 bits per heavy atom. The molecule has 1 unspecified atom stereocenters. The molecule has 14 heavy (non-hydrogen) atoms. The summed E-state index contributed by atoms with van der Waals surface area (Å²) >= 11 is 0. The first-order valence-electron chi connectivity index (χ1n) is 5.11. The Bertz CT molecular complexity index is 147. The Labute approximate surface area is 85.2 Å². The second-order valence-corrected chi connectivity index (χ2v) is 3.16. The zero-order valence-electron chi connectivity index (χ0n) is 8.99. The fourth-order valence-corrected chi connectivity index (χ4v) is 0.914. The number of carboxylic acids is 1. The van der Waals surface area contributed by atoms with Gasteiger partial charge in [-0.1, -0.05) is 13.3 Å². The topological polar surface area (TPSA) is 55.8 Å². The van der Waals surface area contributed by atoms with Gasteiger partial charge in [0.05, 0.1) is 6.61 Å². The molecule has 0 aliphatic carbocycles. The van der Waals surface area contributed by atoms with Crippen LogP contribution in [0.4, 0.5) is 0 Å². The van der Waals surface area contributed by atoms with Crippen molar-refractivity contribution in [3.05, 3.63) is 0 Å². The number of hydrogen-bond acceptors (Lipinski definition) is 3. The van der Waals surface area contributed by atoms with E-state index in [1.54, 1.807) is 0 Å². The maximum atomic E-state index is 10.2. The quantitative estimate of drug-likeness (QED) is 0.461. The first kappa shape index (κ1) is 13.4. The van der Waals surface area contributed by atoms with Crippen LogP contribution in [0.1, 0.15) is 39.5 Å². The Balaban J connectivity index is 3.18. The van der Waals surface area contributed by atoms with Crippen LogP contribution >= 0.6 is 0 Å². The molecule has 0 bridgehead atoms. The second kappa shape index (κ2) is 8.97. The third-order valence-corrected chi connectivity index (χ3v) is 1.74. The summed E-state index contributed by atoms with van der Waals surface area (Å²) in [7, 11) is 0. The van der Waals surface area contributed by atoms with Gasteiger partial charge in [0.1, 0.15) is 0 Å². The van der Waals surface area contributed by atoms with E-state index in [-0.39, 0.29) is 12.7 Å². The SMILES string of the molecule is CCCCOC(C)OCCCC(=O)O. The summed E-state index contributed by atoms with van der Waals surface area (Å²) < 4.78 is 10.6. The Kier molecular flexibility index (Phi) is 8.57. The third-order valence-electron chi connectivity index (χ3n) is 1.74. The van der Waals surface area contributed by atoms with Crippen molar-refractivity contribution in [3.63, 3.8) is 0 Å². The average molecular weight is 204 g/mol. The largest absolute Gasteiger partial charge is 0.481 e. The highest BCUT2D eigenvalue weighted by atomic mass is 16.7. The van der Waals surface area contributed by atoms with Crippen molar-refractivity contribution in [1.82, 2.24) is 0 Å². The Hall–Kier alpha value is -0.610. The van der Waals surface area contributed by atoms with Gasteiger partial charge in [0.2, 0.25) is 0 Å². The first-order chi connectivity index (χ1) is 6.66. The maximum absolute atomic E-state index is 10.2. The van der Waals surface area contributed by atoms with Crippen LogP contribution in [0.3, 0.4) is 0 Å².